The van der Waals surface area contributed by atoms with Crippen LogP contribution in [0.1, 0.15) is 17.3 Å². The number of rotatable bonds is 4. The zero-order valence-corrected chi connectivity index (χ0v) is 10.8. The van der Waals surface area contributed by atoms with Gasteiger partial charge in [0.05, 0.1) is 5.75 Å². The van der Waals surface area contributed by atoms with E-state index in [0.29, 0.717) is 0 Å². The first-order valence-corrected chi connectivity index (χ1v) is 6.93. The number of hydrogen-bond acceptors (Lipinski definition) is 3. The van der Waals surface area contributed by atoms with Gasteiger partial charge in [-0.05, 0) is 0 Å². The molecule has 88 valence electrons. The Morgan fingerprint density at radius 3 is 2.19 bits per heavy atom. The summed E-state index contributed by atoms with van der Waals surface area (Å²) >= 11 is 11.3. The Morgan fingerprint density at radius 1 is 1.25 bits per heavy atom. The average Bonchev–Trinajstić information content (AvgIpc) is 2.29. The van der Waals surface area contributed by atoms with Crippen molar-refractivity contribution in [3.8, 4) is 0 Å². The van der Waals surface area contributed by atoms with Gasteiger partial charge >= 0.3 is 0 Å². The van der Waals surface area contributed by atoms with Crippen LogP contribution >= 0.6 is 23.2 Å². The Hall–Kier alpha value is -0.580. The van der Waals surface area contributed by atoms with Crippen LogP contribution in [0.15, 0.2) is 30.3 Å². The van der Waals surface area contributed by atoms with Crippen molar-refractivity contribution in [2.75, 3.05) is 5.75 Å². The van der Waals surface area contributed by atoms with E-state index in [1.807, 2.05) is 0 Å². The lowest BCUT2D eigenvalue weighted by molar-refractivity contribution is 0.0996. The molecule has 0 unspecified atom stereocenters. The predicted octanol–water partition coefficient (Wildman–Crippen LogP) is 2.44. The van der Waals surface area contributed by atoms with Crippen LogP contribution < -0.4 is 0 Å². The molecule has 3 nitrogen and oxygen atoms in total. The van der Waals surface area contributed by atoms with Gasteiger partial charge in [0.1, 0.15) is 0 Å². The summed E-state index contributed by atoms with van der Waals surface area (Å²) in [5.74, 6) is -1.11. The van der Waals surface area contributed by atoms with Gasteiger partial charge in [0.2, 0.25) is 5.78 Å². The van der Waals surface area contributed by atoms with Crippen molar-refractivity contribution in [2.45, 2.75) is 10.6 Å². The molecule has 0 N–H and O–H groups in total. The molecular weight excluding hydrogens is 271 g/mol. The smallest absolute Gasteiger partial charge is 0.280 e. The third-order valence-corrected chi connectivity index (χ3v) is 5.55. The molecule has 6 heteroatoms. The monoisotopic (exact) mass is 280 g/mol. The fraction of sp³-hybridized carbons (Fsp3) is 0.300. The number of Topliss-reactive ketones (excluding diaryl/α,β-unsaturated/α-hetero) is 1. The van der Waals surface area contributed by atoms with E-state index in [1.54, 1.807) is 18.2 Å². The number of carbonyl (C=O) groups is 1. The molecule has 0 aliphatic carbocycles. The van der Waals surface area contributed by atoms with Crippen molar-refractivity contribution in [1.82, 2.24) is 0 Å². The van der Waals surface area contributed by atoms with Gasteiger partial charge in [-0.1, -0.05) is 60.5 Å². The van der Waals surface area contributed by atoms with Gasteiger partial charge in [-0.2, -0.15) is 0 Å². The molecule has 0 aliphatic rings. The van der Waals surface area contributed by atoms with Gasteiger partial charge in [-0.3, -0.25) is 4.79 Å². The van der Waals surface area contributed by atoms with E-state index < -0.39 is 19.3 Å². The highest BCUT2D eigenvalue weighted by atomic mass is 35.5. The summed E-state index contributed by atoms with van der Waals surface area (Å²) in [6, 6.07) is 7.85. The van der Waals surface area contributed by atoms with Crippen LogP contribution in [0.4, 0.5) is 0 Å². The van der Waals surface area contributed by atoms with E-state index in [1.165, 1.54) is 19.1 Å². The molecule has 0 atom stereocenters. The Labute approximate surface area is 104 Å². The lowest BCUT2D eigenvalue weighted by atomic mass is 10.1. The molecule has 1 aromatic carbocycles. The third-order valence-electron chi connectivity index (χ3n) is 2.07. The fourth-order valence-corrected chi connectivity index (χ4v) is 2.72. The van der Waals surface area contributed by atoms with Crippen LogP contribution in [0.25, 0.3) is 0 Å². The summed E-state index contributed by atoms with van der Waals surface area (Å²) in [5.41, 5.74) is 0.171. The van der Waals surface area contributed by atoms with Gasteiger partial charge in [0.25, 0.3) is 3.67 Å². The molecule has 16 heavy (non-hydrogen) atoms. The largest absolute Gasteiger partial charge is 0.290 e. The standard InChI is InChI=1S/C10H10Cl2O3S/c1-2-16(14,15)10(11,12)9(13)8-6-4-3-5-7-8/h3-7H,2H2,1H3. The zero-order chi connectivity index (χ0) is 12.4. The van der Waals surface area contributed by atoms with Crippen molar-refractivity contribution in [2.24, 2.45) is 0 Å². The summed E-state index contributed by atoms with van der Waals surface area (Å²) < 4.78 is 20.7. The van der Waals surface area contributed by atoms with Gasteiger partial charge < -0.3 is 0 Å². The van der Waals surface area contributed by atoms with Crippen molar-refractivity contribution in [1.29, 1.82) is 0 Å². The second-order valence-electron chi connectivity index (χ2n) is 3.12. The van der Waals surface area contributed by atoms with E-state index in [-0.39, 0.29) is 11.3 Å². The highest BCUT2D eigenvalue weighted by molar-refractivity contribution is 7.96. The molecule has 0 aromatic heterocycles. The molecular formula is C10H10Cl2O3S. The first-order valence-electron chi connectivity index (χ1n) is 4.53. The Balaban J connectivity index is 3.17. The summed E-state index contributed by atoms with van der Waals surface area (Å²) in [6.45, 7) is 1.38. The molecule has 0 saturated carbocycles. The molecule has 0 amide bonds. The maximum atomic E-state index is 11.8. The van der Waals surface area contributed by atoms with Crippen molar-refractivity contribution >= 4 is 38.8 Å². The van der Waals surface area contributed by atoms with Crippen molar-refractivity contribution < 1.29 is 13.2 Å². The van der Waals surface area contributed by atoms with E-state index in [4.69, 9.17) is 23.2 Å². The van der Waals surface area contributed by atoms with Gasteiger partial charge in [0.15, 0.2) is 9.84 Å². The molecule has 0 radical (unpaired) electrons. The minimum absolute atomic E-state index is 0.171. The molecule has 0 spiro atoms. The van der Waals surface area contributed by atoms with Crippen LogP contribution in [0.3, 0.4) is 0 Å². The second-order valence-corrected chi connectivity index (χ2v) is 7.31. The molecule has 0 aliphatic heterocycles. The number of hydrogen-bond donors (Lipinski definition) is 0. The predicted molar refractivity (Wildman–Crippen MR) is 64.7 cm³/mol. The maximum Gasteiger partial charge on any atom is 0.280 e. The van der Waals surface area contributed by atoms with Crippen LogP contribution in [0, 0.1) is 0 Å². The Kier molecular flexibility index (Phi) is 3.99. The topological polar surface area (TPSA) is 51.2 Å². The van der Waals surface area contributed by atoms with Crippen LogP contribution in [-0.2, 0) is 9.84 Å². The SMILES string of the molecule is CCS(=O)(=O)C(Cl)(Cl)C(=O)c1ccccc1. The summed E-state index contributed by atoms with van der Waals surface area (Å²) in [7, 11) is -3.86. The van der Waals surface area contributed by atoms with Crippen molar-refractivity contribution in [3.05, 3.63) is 35.9 Å². The van der Waals surface area contributed by atoms with Gasteiger partial charge in [0, 0.05) is 5.56 Å². The van der Waals surface area contributed by atoms with Gasteiger partial charge in [-0.15, -0.1) is 0 Å². The highest BCUT2D eigenvalue weighted by Crippen LogP contribution is 2.32. The molecule has 0 saturated heterocycles. The van der Waals surface area contributed by atoms with Crippen LogP contribution in [0.2, 0.25) is 0 Å². The van der Waals surface area contributed by atoms with E-state index in [0.717, 1.165) is 0 Å². The Bertz CT molecular complexity index is 480. The highest BCUT2D eigenvalue weighted by Gasteiger charge is 2.46. The average molecular weight is 281 g/mol. The molecule has 1 aromatic rings. The van der Waals surface area contributed by atoms with E-state index in [9.17, 15) is 13.2 Å². The van der Waals surface area contributed by atoms with E-state index >= 15 is 0 Å². The number of carbonyl (C=O) groups excluding carboxylic acids is 1. The lowest BCUT2D eigenvalue weighted by Crippen LogP contribution is -2.36. The first-order chi connectivity index (χ1) is 7.33. The molecule has 1 rings (SSSR count). The Morgan fingerprint density at radius 2 is 1.75 bits per heavy atom. The normalized spacial score (nSPS) is 12.4. The number of benzene rings is 1. The minimum Gasteiger partial charge on any atom is -0.290 e. The maximum absolute atomic E-state index is 11.8. The molecule has 0 bridgehead atoms. The van der Waals surface area contributed by atoms with Gasteiger partial charge in [-0.25, -0.2) is 8.42 Å². The fourth-order valence-electron chi connectivity index (χ4n) is 1.08. The summed E-state index contributed by atoms with van der Waals surface area (Å²) in [4.78, 5) is 11.8. The number of sulfone groups is 1. The zero-order valence-electron chi connectivity index (χ0n) is 8.48. The molecule has 0 fully saturated rings. The third kappa shape index (κ3) is 2.39. The minimum atomic E-state index is -3.86. The van der Waals surface area contributed by atoms with Crippen molar-refractivity contribution in [3.63, 3.8) is 0 Å². The number of ketones is 1. The number of alkyl halides is 2. The van der Waals surface area contributed by atoms with Crippen LogP contribution in [-0.4, -0.2) is 23.6 Å². The number of halogens is 2. The van der Waals surface area contributed by atoms with E-state index in [2.05, 4.69) is 0 Å². The van der Waals surface area contributed by atoms with Crippen LogP contribution in [0.5, 0.6) is 0 Å². The second kappa shape index (κ2) is 4.73. The lowest BCUT2D eigenvalue weighted by Gasteiger charge is -2.17. The first kappa shape index (κ1) is 13.5. The molecule has 0 heterocycles. The summed E-state index contributed by atoms with van der Waals surface area (Å²) in [6.07, 6.45) is 0. The quantitative estimate of drug-likeness (QED) is 0.629. The summed E-state index contributed by atoms with van der Waals surface area (Å²) in [5, 5.41) is 0.